The second-order valence-electron chi connectivity index (χ2n) is 15.4. The van der Waals surface area contributed by atoms with E-state index in [1.165, 1.54) is 0 Å². The van der Waals surface area contributed by atoms with Crippen LogP contribution in [-0.4, -0.2) is 100 Å². The van der Waals surface area contributed by atoms with Gasteiger partial charge in [-0.15, -0.1) is 11.6 Å². The number of piperidine rings is 2. The highest BCUT2D eigenvalue weighted by molar-refractivity contribution is 6.98. The van der Waals surface area contributed by atoms with Crippen molar-refractivity contribution in [3.05, 3.63) is 86.9 Å². The van der Waals surface area contributed by atoms with Crippen molar-refractivity contribution in [2.75, 3.05) is 70.0 Å². The predicted molar refractivity (Wildman–Crippen MR) is 216 cm³/mol. The van der Waals surface area contributed by atoms with Crippen LogP contribution in [-0.2, 0) is 14.2 Å². The van der Waals surface area contributed by atoms with Gasteiger partial charge in [-0.25, -0.2) is 27.3 Å². The molecular weight excluding hydrogens is 761 g/mol. The number of alkyl halides is 1. The minimum absolute atomic E-state index is 0.0901. The highest BCUT2D eigenvalue weighted by atomic mass is 35.5. The number of carbonyl (C=O) groups excluding carboxylic acids is 1. The van der Waals surface area contributed by atoms with Gasteiger partial charge in [0.2, 0.25) is 0 Å². The smallest absolute Gasteiger partial charge is 0.344 e. The van der Waals surface area contributed by atoms with Crippen molar-refractivity contribution in [1.29, 1.82) is 0 Å². The first-order valence-electron chi connectivity index (χ1n) is 20.1. The molecule has 0 radical (unpaired) electrons. The van der Waals surface area contributed by atoms with Crippen LogP contribution in [0.5, 0.6) is 0 Å². The van der Waals surface area contributed by atoms with Crippen molar-refractivity contribution in [2.24, 2.45) is 0 Å². The van der Waals surface area contributed by atoms with E-state index in [-0.39, 0.29) is 25.4 Å². The zero-order valence-corrected chi connectivity index (χ0v) is 34.3. The molecule has 2 aromatic rings. The zero-order chi connectivity index (χ0) is 39.8. The molecule has 8 nitrogen and oxygen atoms in total. The summed E-state index contributed by atoms with van der Waals surface area (Å²) in [5.41, 5.74) is 0.0838. The summed E-state index contributed by atoms with van der Waals surface area (Å²) in [6, 6.07) is 5.90. The quantitative estimate of drug-likeness (QED) is 0.0457. The van der Waals surface area contributed by atoms with Crippen molar-refractivity contribution in [3.63, 3.8) is 0 Å². The summed E-state index contributed by atoms with van der Waals surface area (Å²) >= 11 is 5.69. The Morgan fingerprint density at radius 3 is 2.20 bits per heavy atom. The van der Waals surface area contributed by atoms with Crippen molar-refractivity contribution in [2.45, 2.75) is 77.3 Å². The van der Waals surface area contributed by atoms with Gasteiger partial charge in [0.25, 0.3) is 0 Å². The molecule has 0 atom stereocenters. The van der Waals surface area contributed by atoms with Crippen LogP contribution in [0.25, 0.3) is 5.57 Å². The van der Waals surface area contributed by atoms with Gasteiger partial charge in [-0.3, -0.25) is 0 Å². The number of carboxylic acid groups (broad SMARTS) is 1. The normalized spacial score (nSPS) is 17.8. The molecule has 13 heteroatoms. The third kappa shape index (κ3) is 9.03. The fourth-order valence-corrected chi connectivity index (χ4v) is 11.6. The Bertz CT molecular complexity index is 1930. The molecule has 0 aromatic heterocycles. The Hall–Kier alpha value is -3.71. The van der Waals surface area contributed by atoms with E-state index in [1.807, 2.05) is 24.3 Å². The second-order valence-corrected chi connectivity index (χ2v) is 20.1. The minimum Gasteiger partial charge on any atom is -0.478 e. The third-order valence-electron chi connectivity index (χ3n) is 11.3. The van der Waals surface area contributed by atoms with E-state index in [4.69, 9.17) is 25.8 Å². The number of esters is 1. The predicted octanol–water partition coefficient (Wildman–Crippen LogP) is 8.19. The number of aromatic carboxylic acids is 1. The van der Waals surface area contributed by atoms with E-state index in [9.17, 15) is 14.7 Å². The van der Waals surface area contributed by atoms with Gasteiger partial charge in [-0.2, -0.15) is 0 Å². The number of anilines is 1. The molecule has 56 heavy (non-hydrogen) atoms. The number of benzene rings is 2. The number of unbranched alkanes of at least 4 members (excludes halogenated alkanes) is 3. The van der Waals surface area contributed by atoms with Gasteiger partial charge in [0.15, 0.2) is 17.3 Å². The first-order valence-corrected chi connectivity index (χ1v) is 23.6. The van der Waals surface area contributed by atoms with Gasteiger partial charge < -0.3 is 24.2 Å². The van der Waals surface area contributed by atoms with Crippen LogP contribution in [0.2, 0.25) is 13.1 Å². The molecule has 0 bridgehead atoms. The van der Waals surface area contributed by atoms with Crippen LogP contribution in [0.3, 0.4) is 0 Å². The number of carbonyl (C=O) groups is 2. The maximum atomic E-state index is 17.1. The molecule has 2 aromatic carbocycles. The first kappa shape index (κ1) is 41.9. The van der Waals surface area contributed by atoms with Crippen molar-refractivity contribution in [1.82, 2.24) is 0 Å². The molecule has 2 fully saturated rings. The fraction of sp³-hybridized carbons (Fsp3) is 0.512. The van der Waals surface area contributed by atoms with E-state index in [0.29, 0.717) is 30.2 Å². The lowest BCUT2D eigenvalue weighted by Crippen LogP contribution is -2.50. The maximum absolute atomic E-state index is 17.1. The molecule has 6 rings (SSSR count). The summed E-state index contributed by atoms with van der Waals surface area (Å²) in [6.07, 6.45) is 16.4. The van der Waals surface area contributed by atoms with Gasteiger partial charge >= 0.3 is 11.9 Å². The van der Waals surface area contributed by atoms with E-state index in [2.05, 4.69) is 34.7 Å². The lowest BCUT2D eigenvalue weighted by atomic mass is 9.85. The van der Waals surface area contributed by atoms with Crippen LogP contribution in [0.1, 0.15) is 96.1 Å². The van der Waals surface area contributed by atoms with Crippen molar-refractivity contribution in [3.8, 4) is 0 Å². The summed E-state index contributed by atoms with van der Waals surface area (Å²) in [7, 11) is -2.59. The lowest BCUT2D eigenvalue weighted by molar-refractivity contribution is -0.535. The zero-order valence-electron chi connectivity index (χ0n) is 32.5. The topological polar surface area (TPSA) is 88.3 Å². The van der Waals surface area contributed by atoms with E-state index in [1.54, 1.807) is 0 Å². The van der Waals surface area contributed by atoms with Crippen molar-refractivity contribution >= 4 is 53.8 Å². The largest absolute Gasteiger partial charge is 0.478 e. The van der Waals surface area contributed by atoms with Crippen molar-refractivity contribution < 1.29 is 46.7 Å². The van der Waals surface area contributed by atoms with Gasteiger partial charge in [0, 0.05) is 61.8 Å². The number of ether oxygens (including phenoxy) is 3. The highest BCUT2D eigenvalue weighted by Crippen LogP contribution is 2.45. The molecule has 0 spiro atoms. The van der Waals surface area contributed by atoms with Crippen LogP contribution in [0, 0.1) is 17.5 Å². The van der Waals surface area contributed by atoms with E-state index >= 15 is 13.2 Å². The Labute approximate surface area is 333 Å². The molecule has 302 valence electrons. The number of hydrogen-bond acceptors (Lipinski definition) is 6. The highest BCUT2D eigenvalue weighted by Gasteiger charge is 2.44. The van der Waals surface area contributed by atoms with Gasteiger partial charge in [-0.05, 0) is 83.8 Å². The van der Waals surface area contributed by atoms with Crippen LogP contribution in [0.15, 0.2) is 47.2 Å². The molecular formula is C43H53ClF3N2O6Si+. The lowest BCUT2D eigenvalue weighted by Gasteiger charge is -2.39. The molecule has 4 aliphatic rings. The first-order chi connectivity index (χ1) is 27.1. The average Bonchev–Trinajstić information content (AvgIpc) is 3.20. The maximum Gasteiger partial charge on any atom is 0.344 e. The van der Waals surface area contributed by atoms with E-state index < -0.39 is 54.2 Å². The second kappa shape index (κ2) is 19.2. The third-order valence-corrected chi connectivity index (χ3v) is 15.1. The number of carboxylic acids is 1. The fourth-order valence-electron chi connectivity index (χ4n) is 8.31. The molecule has 1 N–H and O–H groups in total. The Balaban J connectivity index is 1.36. The van der Waals surface area contributed by atoms with Crippen LogP contribution < -0.4 is 10.1 Å². The van der Waals surface area contributed by atoms with Gasteiger partial charge in [0.05, 0.1) is 19.8 Å². The summed E-state index contributed by atoms with van der Waals surface area (Å²) in [5.74, 6) is -7.90. The Morgan fingerprint density at radius 2 is 1.48 bits per heavy atom. The van der Waals surface area contributed by atoms with Crippen LogP contribution >= 0.6 is 11.6 Å². The molecule has 0 unspecified atom stereocenters. The summed E-state index contributed by atoms with van der Waals surface area (Å²) < 4.78 is 67.4. The van der Waals surface area contributed by atoms with Crippen LogP contribution in [0.4, 0.5) is 18.9 Å². The molecule has 3 aliphatic heterocycles. The number of halogens is 4. The van der Waals surface area contributed by atoms with Gasteiger partial charge in [-0.1, -0.05) is 32.0 Å². The average molecular weight is 814 g/mol. The Morgan fingerprint density at radius 1 is 0.821 bits per heavy atom. The summed E-state index contributed by atoms with van der Waals surface area (Å²) in [6.45, 7) is 8.66. The van der Waals surface area contributed by atoms with E-state index in [0.717, 1.165) is 112 Å². The standard InChI is InChI=1S/C43H52ClF3N2O6Si/c1-56(2)33-27-29(48-18-8-5-9-19-48)13-15-31(33)35(32-16-14-30(28-34(32)56)49-20-10-6-11-21-49)36-37(42(50)51)40(46)41(47)38(39(36)45)43(52)55-26-25-54-24-23-53-22-12-4-3-7-17-44/h13-16,27-28H,3-12,17-26H2,1-2H3/p+1. The minimum atomic E-state index is -2.59. The molecule has 1 aliphatic carbocycles. The van der Waals surface area contributed by atoms with Gasteiger partial charge in [0.1, 0.15) is 44.7 Å². The number of fused-ring (bicyclic) bond motifs is 2. The summed E-state index contributed by atoms with van der Waals surface area (Å²) in [4.78, 5) is 28.5. The Kier molecular flexibility index (Phi) is 14.3. The SMILES string of the molecule is C[Si]1(C)C2=CC(=[N+]3CCCCC3)C=CC2=C(c2c(F)c(C(=O)OCCOCCOCCCCCCCl)c(F)c(F)c2C(=O)O)c2ccc(N3CCCCC3)cc21. The number of nitrogens with zero attached hydrogens (tertiary/aromatic N) is 2. The molecule has 0 amide bonds. The number of hydrogen-bond donors (Lipinski definition) is 1. The molecule has 2 saturated heterocycles. The number of allylic oxidation sites excluding steroid dienone is 5. The molecule has 0 saturated carbocycles. The monoisotopic (exact) mass is 813 g/mol. The molecule has 3 heterocycles. The summed E-state index contributed by atoms with van der Waals surface area (Å²) in [5, 5.41) is 12.2. The number of rotatable bonds is 16.